The molecule has 0 aliphatic carbocycles. The molecule has 0 atom stereocenters. The van der Waals surface area contributed by atoms with Crippen LogP contribution in [0, 0.1) is 0 Å². The number of hydrogen-bond acceptors (Lipinski definition) is 5. The van der Waals surface area contributed by atoms with E-state index in [1.165, 1.54) is 24.4 Å². The van der Waals surface area contributed by atoms with Gasteiger partial charge in [0.05, 0.1) is 5.56 Å². The van der Waals surface area contributed by atoms with Crippen LogP contribution in [0.15, 0.2) is 42.7 Å². The van der Waals surface area contributed by atoms with Crippen LogP contribution >= 0.6 is 0 Å². The lowest BCUT2D eigenvalue weighted by molar-refractivity contribution is 0.0535. The Morgan fingerprint density at radius 3 is 1.92 bits per heavy atom. The molecule has 1 aliphatic heterocycles. The standard InChI is InChI=1S/C17H17N3O4/c21-14-8-13(9-15(22)10-14)17(24)20-6-4-19(5-7-20)16(23)12-2-1-3-18-11-12/h1-3,8-11,21-22H,4-7H2. The Labute approximate surface area is 138 Å². The fourth-order valence-electron chi connectivity index (χ4n) is 2.69. The van der Waals surface area contributed by atoms with Gasteiger partial charge in [-0.3, -0.25) is 14.6 Å². The molecule has 1 fully saturated rings. The number of aromatic nitrogens is 1. The van der Waals surface area contributed by atoms with Crippen molar-refractivity contribution in [2.45, 2.75) is 0 Å². The van der Waals surface area contributed by atoms with Gasteiger partial charge in [-0.15, -0.1) is 0 Å². The van der Waals surface area contributed by atoms with E-state index in [0.29, 0.717) is 31.7 Å². The van der Waals surface area contributed by atoms with Gasteiger partial charge >= 0.3 is 0 Å². The van der Waals surface area contributed by atoms with Crippen LogP contribution in [0.2, 0.25) is 0 Å². The van der Waals surface area contributed by atoms with E-state index in [2.05, 4.69) is 4.98 Å². The van der Waals surface area contributed by atoms with Crippen molar-refractivity contribution in [3.8, 4) is 11.5 Å². The second-order valence-electron chi connectivity index (χ2n) is 5.56. The molecule has 7 nitrogen and oxygen atoms in total. The summed E-state index contributed by atoms with van der Waals surface area (Å²) in [6.07, 6.45) is 3.13. The third-order valence-corrected chi connectivity index (χ3v) is 3.91. The van der Waals surface area contributed by atoms with Gasteiger partial charge in [0.2, 0.25) is 0 Å². The summed E-state index contributed by atoms with van der Waals surface area (Å²) < 4.78 is 0. The zero-order valence-corrected chi connectivity index (χ0v) is 12.9. The van der Waals surface area contributed by atoms with Crippen molar-refractivity contribution in [2.75, 3.05) is 26.2 Å². The number of carbonyl (C=O) groups is 2. The van der Waals surface area contributed by atoms with Gasteiger partial charge in [-0.2, -0.15) is 0 Å². The minimum Gasteiger partial charge on any atom is -0.508 e. The van der Waals surface area contributed by atoms with Crippen molar-refractivity contribution in [3.63, 3.8) is 0 Å². The molecule has 1 aromatic heterocycles. The summed E-state index contributed by atoms with van der Waals surface area (Å²) in [4.78, 5) is 32.0. The molecule has 3 rings (SSSR count). The largest absolute Gasteiger partial charge is 0.508 e. The molecule has 124 valence electrons. The number of nitrogens with zero attached hydrogens (tertiary/aromatic N) is 3. The summed E-state index contributed by atoms with van der Waals surface area (Å²) >= 11 is 0. The molecule has 2 N–H and O–H groups in total. The smallest absolute Gasteiger partial charge is 0.255 e. The number of phenols is 2. The molecule has 0 saturated carbocycles. The Bertz CT molecular complexity index is 735. The number of piperazine rings is 1. The van der Waals surface area contributed by atoms with Crippen molar-refractivity contribution in [1.82, 2.24) is 14.8 Å². The molecule has 0 bridgehead atoms. The minimum absolute atomic E-state index is 0.106. The number of rotatable bonds is 2. The Hall–Kier alpha value is -3.09. The number of aromatic hydroxyl groups is 2. The van der Waals surface area contributed by atoms with Crippen LogP contribution in [0.1, 0.15) is 20.7 Å². The van der Waals surface area contributed by atoms with Crippen LogP contribution in [-0.2, 0) is 0 Å². The van der Waals surface area contributed by atoms with E-state index in [1.807, 2.05) is 0 Å². The average Bonchev–Trinajstić information content (AvgIpc) is 2.60. The fraction of sp³-hybridized carbons (Fsp3) is 0.235. The van der Waals surface area contributed by atoms with Gasteiger partial charge in [-0.25, -0.2) is 0 Å². The molecule has 0 unspecified atom stereocenters. The van der Waals surface area contributed by atoms with Crippen LogP contribution in [0.4, 0.5) is 0 Å². The Balaban J connectivity index is 1.64. The first-order chi connectivity index (χ1) is 11.5. The van der Waals surface area contributed by atoms with Crippen LogP contribution < -0.4 is 0 Å². The van der Waals surface area contributed by atoms with Gasteiger partial charge in [0.15, 0.2) is 0 Å². The number of amides is 2. The quantitative estimate of drug-likeness (QED) is 0.861. The van der Waals surface area contributed by atoms with E-state index in [1.54, 1.807) is 28.1 Å². The highest BCUT2D eigenvalue weighted by atomic mass is 16.3. The lowest BCUT2D eigenvalue weighted by Gasteiger charge is -2.34. The van der Waals surface area contributed by atoms with Gasteiger partial charge in [-0.05, 0) is 24.3 Å². The fourth-order valence-corrected chi connectivity index (χ4v) is 2.69. The normalized spacial score (nSPS) is 14.5. The van der Waals surface area contributed by atoms with Crippen molar-refractivity contribution in [2.24, 2.45) is 0 Å². The predicted octanol–water partition coefficient (Wildman–Crippen LogP) is 1.09. The van der Waals surface area contributed by atoms with Crippen molar-refractivity contribution in [1.29, 1.82) is 0 Å². The molecule has 2 heterocycles. The van der Waals surface area contributed by atoms with E-state index >= 15 is 0 Å². The number of pyridine rings is 1. The first kappa shape index (κ1) is 15.8. The van der Waals surface area contributed by atoms with Gasteiger partial charge in [0.25, 0.3) is 11.8 Å². The third-order valence-electron chi connectivity index (χ3n) is 3.91. The molecular formula is C17H17N3O4. The van der Waals surface area contributed by atoms with E-state index in [9.17, 15) is 19.8 Å². The zero-order chi connectivity index (χ0) is 17.1. The predicted molar refractivity (Wildman–Crippen MR) is 85.8 cm³/mol. The molecule has 0 spiro atoms. The van der Waals surface area contributed by atoms with Crippen molar-refractivity contribution >= 4 is 11.8 Å². The lowest BCUT2D eigenvalue weighted by atomic mass is 10.1. The number of phenolic OH excluding ortho intramolecular Hbond substituents is 2. The second-order valence-corrected chi connectivity index (χ2v) is 5.56. The maximum atomic E-state index is 12.4. The minimum atomic E-state index is -0.283. The first-order valence-corrected chi connectivity index (χ1v) is 7.56. The topological polar surface area (TPSA) is 94.0 Å². The molecule has 1 saturated heterocycles. The molecule has 1 aliphatic rings. The zero-order valence-electron chi connectivity index (χ0n) is 12.9. The van der Waals surface area contributed by atoms with E-state index in [-0.39, 0.29) is 28.9 Å². The van der Waals surface area contributed by atoms with Crippen molar-refractivity contribution < 1.29 is 19.8 Å². The summed E-state index contributed by atoms with van der Waals surface area (Å²) in [5.74, 6) is -0.715. The molecule has 24 heavy (non-hydrogen) atoms. The third kappa shape index (κ3) is 3.29. The highest BCUT2D eigenvalue weighted by molar-refractivity contribution is 5.96. The van der Waals surface area contributed by atoms with Gasteiger partial charge in [0.1, 0.15) is 11.5 Å². The molecule has 2 aromatic rings. The summed E-state index contributed by atoms with van der Waals surface area (Å²) in [6, 6.07) is 7.22. The van der Waals surface area contributed by atoms with Crippen LogP contribution in [0.25, 0.3) is 0 Å². The molecule has 2 amide bonds. The number of benzene rings is 1. The molecule has 0 radical (unpaired) electrons. The lowest BCUT2D eigenvalue weighted by Crippen LogP contribution is -2.50. The summed E-state index contributed by atoms with van der Waals surface area (Å²) in [5.41, 5.74) is 0.745. The molecule has 7 heteroatoms. The Morgan fingerprint density at radius 1 is 0.875 bits per heavy atom. The van der Waals surface area contributed by atoms with Crippen LogP contribution in [-0.4, -0.2) is 63.0 Å². The Kier molecular flexibility index (Phi) is 4.33. The Morgan fingerprint density at radius 2 is 1.42 bits per heavy atom. The van der Waals surface area contributed by atoms with E-state index in [4.69, 9.17) is 0 Å². The summed E-state index contributed by atoms with van der Waals surface area (Å²) in [5, 5.41) is 19.0. The maximum absolute atomic E-state index is 12.4. The average molecular weight is 327 g/mol. The van der Waals surface area contributed by atoms with Crippen molar-refractivity contribution in [3.05, 3.63) is 53.9 Å². The van der Waals surface area contributed by atoms with E-state index in [0.717, 1.165) is 0 Å². The highest BCUT2D eigenvalue weighted by Crippen LogP contribution is 2.22. The molecule has 1 aromatic carbocycles. The summed E-state index contributed by atoms with van der Waals surface area (Å²) in [7, 11) is 0. The van der Waals surface area contributed by atoms with Gasteiger partial charge in [-0.1, -0.05) is 0 Å². The van der Waals surface area contributed by atoms with Gasteiger partial charge < -0.3 is 20.0 Å². The monoisotopic (exact) mass is 327 g/mol. The molecular weight excluding hydrogens is 310 g/mol. The number of carbonyl (C=O) groups excluding carboxylic acids is 2. The summed E-state index contributed by atoms with van der Waals surface area (Å²) in [6.45, 7) is 1.62. The highest BCUT2D eigenvalue weighted by Gasteiger charge is 2.26. The van der Waals surface area contributed by atoms with Gasteiger partial charge in [0, 0.05) is 50.2 Å². The maximum Gasteiger partial charge on any atom is 0.255 e. The SMILES string of the molecule is O=C(c1cccnc1)N1CCN(C(=O)c2cc(O)cc(O)c2)CC1. The van der Waals surface area contributed by atoms with Crippen LogP contribution in [0.5, 0.6) is 11.5 Å². The second kappa shape index (κ2) is 6.57. The van der Waals surface area contributed by atoms with Crippen LogP contribution in [0.3, 0.4) is 0 Å². The number of hydrogen-bond donors (Lipinski definition) is 2. The van der Waals surface area contributed by atoms with E-state index < -0.39 is 0 Å². The first-order valence-electron chi connectivity index (χ1n) is 7.56.